The fraction of sp³-hybridized carbons (Fsp3) is 0.429. The minimum Gasteiger partial charge on any atom is -0.481 e. The molecule has 2 heterocycles. The van der Waals surface area contributed by atoms with Gasteiger partial charge in [-0.3, -0.25) is 9.89 Å². The molecular formula is C21H27ClN4O2. The molecule has 28 heavy (non-hydrogen) atoms. The van der Waals surface area contributed by atoms with E-state index in [1.165, 1.54) is 0 Å². The van der Waals surface area contributed by atoms with Crippen LogP contribution in [0.4, 0.5) is 5.82 Å². The molecule has 3 rings (SSSR count). The van der Waals surface area contributed by atoms with Crippen LogP contribution in [0.25, 0.3) is 5.65 Å². The Bertz CT molecular complexity index is 1040. The van der Waals surface area contributed by atoms with Crippen molar-refractivity contribution in [3.05, 3.63) is 45.7 Å². The topological polar surface area (TPSA) is 71.4 Å². The molecule has 2 N–H and O–H groups in total. The zero-order chi connectivity index (χ0) is 20.8. The van der Waals surface area contributed by atoms with Crippen molar-refractivity contribution in [1.82, 2.24) is 14.6 Å². The third-order valence-corrected chi connectivity index (χ3v) is 5.09. The molecule has 3 aromatic rings. The van der Waals surface area contributed by atoms with Crippen LogP contribution < -0.4 is 10.1 Å². The van der Waals surface area contributed by atoms with Gasteiger partial charge in [-0.25, -0.2) is 9.50 Å². The first-order valence-electron chi connectivity index (χ1n) is 9.31. The number of benzene rings is 1. The summed E-state index contributed by atoms with van der Waals surface area (Å²) in [4.78, 5) is 17.6. The SMILES string of the molecule is Cc1ccc(OC(C)C(=O)Nc2c(C(C)(C)C)nc3c(Cl)c(C)[nH]n23)c(C)c1. The fourth-order valence-electron chi connectivity index (χ4n) is 3.09. The molecule has 7 heteroatoms. The van der Waals surface area contributed by atoms with Crippen molar-refractivity contribution in [2.75, 3.05) is 5.32 Å². The van der Waals surface area contributed by atoms with E-state index in [9.17, 15) is 4.79 Å². The number of aryl methyl sites for hydroxylation is 3. The van der Waals surface area contributed by atoms with Gasteiger partial charge in [-0.15, -0.1) is 0 Å². The van der Waals surface area contributed by atoms with Crippen molar-refractivity contribution in [3.8, 4) is 5.75 Å². The first kappa shape index (κ1) is 20.3. The summed E-state index contributed by atoms with van der Waals surface area (Å²) in [6, 6.07) is 5.89. The zero-order valence-corrected chi connectivity index (χ0v) is 18.2. The summed E-state index contributed by atoms with van der Waals surface area (Å²) >= 11 is 6.36. The molecule has 0 aliphatic carbocycles. The summed E-state index contributed by atoms with van der Waals surface area (Å²) < 4.78 is 7.62. The van der Waals surface area contributed by atoms with Crippen molar-refractivity contribution in [1.29, 1.82) is 0 Å². The number of aromatic nitrogens is 3. The number of nitrogens with one attached hydrogen (secondary N) is 2. The van der Waals surface area contributed by atoms with Gasteiger partial charge in [0.25, 0.3) is 5.91 Å². The Morgan fingerprint density at radius 3 is 2.57 bits per heavy atom. The average molecular weight is 403 g/mol. The Morgan fingerprint density at radius 2 is 1.96 bits per heavy atom. The second-order valence-corrected chi connectivity index (χ2v) is 8.67. The Kier molecular flexibility index (Phi) is 5.19. The first-order valence-corrected chi connectivity index (χ1v) is 9.68. The van der Waals surface area contributed by atoms with E-state index in [1.807, 2.05) is 59.7 Å². The molecule has 1 amide bonds. The summed E-state index contributed by atoms with van der Waals surface area (Å²) in [5.41, 5.74) is 4.02. The third-order valence-electron chi connectivity index (χ3n) is 4.64. The van der Waals surface area contributed by atoms with Crippen LogP contribution in [0.2, 0.25) is 5.02 Å². The zero-order valence-electron chi connectivity index (χ0n) is 17.4. The van der Waals surface area contributed by atoms with Gasteiger partial charge in [-0.1, -0.05) is 50.1 Å². The minimum atomic E-state index is -0.675. The number of hydrogen-bond acceptors (Lipinski definition) is 3. The predicted molar refractivity (Wildman–Crippen MR) is 113 cm³/mol. The molecule has 0 saturated carbocycles. The van der Waals surface area contributed by atoms with Gasteiger partial charge < -0.3 is 10.1 Å². The standard InChI is InChI=1S/C21H27ClN4O2/c1-11-8-9-15(12(2)10-11)28-14(4)20(27)24-19-17(21(5,6)7)23-18-16(22)13(3)25-26(18)19/h8-10,14,25H,1-7H3,(H,24,27). The van der Waals surface area contributed by atoms with E-state index in [0.29, 0.717) is 22.2 Å². The van der Waals surface area contributed by atoms with E-state index < -0.39 is 6.10 Å². The van der Waals surface area contributed by atoms with Gasteiger partial charge in [0.1, 0.15) is 10.8 Å². The van der Waals surface area contributed by atoms with Crippen molar-refractivity contribution in [2.24, 2.45) is 0 Å². The van der Waals surface area contributed by atoms with Crippen LogP contribution in [-0.4, -0.2) is 26.6 Å². The van der Waals surface area contributed by atoms with E-state index in [-0.39, 0.29) is 11.3 Å². The lowest BCUT2D eigenvalue weighted by Crippen LogP contribution is -2.32. The lowest BCUT2D eigenvalue weighted by Gasteiger charge is -2.20. The summed E-state index contributed by atoms with van der Waals surface area (Å²) in [6.07, 6.45) is -0.675. The quantitative estimate of drug-likeness (QED) is 0.648. The Labute approximate surface area is 170 Å². The monoisotopic (exact) mass is 402 g/mol. The number of rotatable bonds is 4. The number of anilines is 1. The van der Waals surface area contributed by atoms with Crippen molar-refractivity contribution in [2.45, 2.75) is 60.0 Å². The molecule has 1 atom stereocenters. The van der Waals surface area contributed by atoms with Crippen LogP contribution in [-0.2, 0) is 10.2 Å². The molecular weight excluding hydrogens is 376 g/mol. The molecule has 0 radical (unpaired) electrons. The van der Waals surface area contributed by atoms with Gasteiger partial charge >= 0.3 is 0 Å². The summed E-state index contributed by atoms with van der Waals surface area (Å²) in [5, 5.41) is 6.69. The molecule has 1 unspecified atom stereocenters. The van der Waals surface area contributed by atoms with Crippen LogP contribution in [0.5, 0.6) is 5.75 Å². The maximum Gasteiger partial charge on any atom is 0.266 e. The molecule has 0 aliphatic heterocycles. The van der Waals surface area contributed by atoms with Crippen LogP contribution >= 0.6 is 11.6 Å². The van der Waals surface area contributed by atoms with Crippen LogP contribution in [0.3, 0.4) is 0 Å². The number of ether oxygens (including phenoxy) is 1. The lowest BCUT2D eigenvalue weighted by atomic mass is 9.92. The Morgan fingerprint density at radius 1 is 1.29 bits per heavy atom. The number of H-pyrrole nitrogens is 1. The van der Waals surface area contributed by atoms with Crippen molar-refractivity contribution < 1.29 is 9.53 Å². The molecule has 0 bridgehead atoms. The number of halogens is 1. The van der Waals surface area contributed by atoms with Crippen LogP contribution in [0.15, 0.2) is 18.2 Å². The van der Waals surface area contributed by atoms with Crippen LogP contribution in [0.1, 0.15) is 50.2 Å². The number of imidazole rings is 1. The largest absolute Gasteiger partial charge is 0.481 e. The number of nitrogens with zero attached hydrogens (tertiary/aromatic N) is 2. The van der Waals surface area contributed by atoms with Crippen LogP contribution in [0, 0.1) is 20.8 Å². The molecule has 1 aromatic carbocycles. The molecule has 0 fully saturated rings. The van der Waals surface area contributed by atoms with Gasteiger partial charge in [0.05, 0.1) is 11.4 Å². The van der Waals surface area contributed by atoms with Gasteiger partial charge in [0.2, 0.25) is 0 Å². The van der Waals surface area contributed by atoms with Gasteiger partial charge in [0.15, 0.2) is 17.6 Å². The number of carbonyl (C=O) groups excluding carboxylic acids is 1. The maximum absolute atomic E-state index is 12.9. The molecule has 0 saturated heterocycles. The maximum atomic E-state index is 12.9. The van der Waals surface area contributed by atoms with E-state index in [2.05, 4.69) is 15.4 Å². The molecule has 150 valence electrons. The van der Waals surface area contributed by atoms with Gasteiger partial charge in [0, 0.05) is 5.41 Å². The Hall–Kier alpha value is -2.47. The molecule has 0 spiro atoms. The summed E-state index contributed by atoms with van der Waals surface area (Å²) in [7, 11) is 0. The smallest absolute Gasteiger partial charge is 0.266 e. The van der Waals surface area contributed by atoms with Crippen molar-refractivity contribution >= 4 is 29.0 Å². The van der Waals surface area contributed by atoms with E-state index in [1.54, 1.807) is 11.4 Å². The highest BCUT2D eigenvalue weighted by Gasteiger charge is 2.29. The summed E-state index contributed by atoms with van der Waals surface area (Å²) in [5.74, 6) is 1.02. The van der Waals surface area contributed by atoms with Gasteiger partial charge in [-0.2, -0.15) is 0 Å². The number of amides is 1. The first-order chi connectivity index (χ1) is 13.0. The highest BCUT2D eigenvalue weighted by atomic mass is 35.5. The summed E-state index contributed by atoms with van der Waals surface area (Å²) in [6.45, 7) is 13.7. The Balaban J connectivity index is 1.90. The van der Waals surface area contributed by atoms with Gasteiger partial charge in [-0.05, 0) is 39.3 Å². The van der Waals surface area contributed by atoms with Crippen molar-refractivity contribution in [3.63, 3.8) is 0 Å². The lowest BCUT2D eigenvalue weighted by molar-refractivity contribution is -0.122. The molecule has 6 nitrogen and oxygen atoms in total. The highest BCUT2D eigenvalue weighted by molar-refractivity contribution is 6.34. The molecule has 0 aliphatic rings. The van der Waals surface area contributed by atoms with E-state index in [4.69, 9.17) is 16.3 Å². The second kappa shape index (κ2) is 7.17. The fourth-order valence-corrected chi connectivity index (χ4v) is 3.26. The van der Waals surface area contributed by atoms with E-state index in [0.717, 1.165) is 22.5 Å². The minimum absolute atomic E-state index is 0.254. The number of fused-ring (bicyclic) bond motifs is 1. The predicted octanol–water partition coefficient (Wildman–Crippen LogP) is 4.94. The van der Waals surface area contributed by atoms with E-state index >= 15 is 0 Å². The molecule has 2 aromatic heterocycles. The number of aromatic amines is 1. The number of hydrogen-bond donors (Lipinski definition) is 2. The average Bonchev–Trinajstić information content (AvgIpc) is 3.07. The number of carbonyl (C=O) groups is 1. The highest BCUT2D eigenvalue weighted by Crippen LogP contribution is 2.33. The second-order valence-electron chi connectivity index (χ2n) is 8.29. The third kappa shape index (κ3) is 3.74. The normalized spacial score (nSPS) is 13.0.